The molecule has 1 fully saturated rings. The predicted molar refractivity (Wildman–Crippen MR) is 78.7 cm³/mol. The fourth-order valence-electron chi connectivity index (χ4n) is 2.75. The van der Waals surface area contributed by atoms with Crippen LogP contribution in [0.15, 0.2) is 35.4 Å². The Hall–Kier alpha value is -1.75. The molecule has 0 saturated carbocycles. The van der Waals surface area contributed by atoms with Crippen molar-refractivity contribution in [2.75, 3.05) is 13.1 Å². The molecule has 0 spiro atoms. The topological polar surface area (TPSA) is 46.1 Å². The van der Waals surface area contributed by atoms with E-state index in [0.717, 1.165) is 25.9 Å². The molecule has 1 aliphatic heterocycles. The second-order valence-electron chi connectivity index (χ2n) is 5.20. The van der Waals surface area contributed by atoms with Gasteiger partial charge in [0, 0.05) is 30.9 Å². The Morgan fingerprint density at radius 1 is 1.50 bits per heavy atom. The molecule has 0 aliphatic carbocycles. The van der Waals surface area contributed by atoms with Crippen LogP contribution >= 0.6 is 11.3 Å². The number of piperidine rings is 1. The summed E-state index contributed by atoms with van der Waals surface area (Å²) in [4.78, 5) is 22.5. The normalized spacial score (nSPS) is 19.0. The van der Waals surface area contributed by atoms with Gasteiger partial charge in [0.1, 0.15) is 5.69 Å². The summed E-state index contributed by atoms with van der Waals surface area (Å²) in [5.74, 6) is 0.595. The molecule has 104 valence electrons. The zero-order chi connectivity index (χ0) is 13.8. The maximum atomic E-state index is 12.3. The molecular formula is C15H17N3OS. The van der Waals surface area contributed by atoms with E-state index in [1.807, 2.05) is 22.5 Å². The van der Waals surface area contributed by atoms with Crippen molar-refractivity contribution in [3.8, 4) is 0 Å². The molecule has 1 saturated heterocycles. The third-order valence-corrected chi connectivity index (χ3v) is 4.29. The standard InChI is InChI=1S/C15H17N3OS/c19-15(14-10-20-11-17-14)18-6-2-4-13(9-18)7-12-3-1-5-16-8-12/h1,3,5,8,10-11,13H,2,4,6-7,9H2/t13-/m1/s1. The molecule has 0 bridgehead atoms. The van der Waals surface area contributed by atoms with Crippen LogP contribution in [0.5, 0.6) is 0 Å². The van der Waals surface area contributed by atoms with Crippen LogP contribution in [-0.2, 0) is 6.42 Å². The second-order valence-corrected chi connectivity index (χ2v) is 5.92. The van der Waals surface area contributed by atoms with Crippen LogP contribution in [-0.4, -0.2) is 33.9 Å². The smallest absolute Gasteiger partial charge is 0.273 e. The number of hydrogen-bond donors (Lipinski definition) is 0. The number of hydrogen-bond acceptors (Lipinski definition) is 4. The van der Waals surface area contributed by atoms with E-state index in [0.29, 0.717) is 11.6 Å². The quantitative estimate of drug-likeness (QED) is 0.872. The highest BCUT2D eigenvalue weighted by atomic mass is 32.1. The molecule has 0 aromatic carbocycles. The molecule has 1 atom stereocenters. The zero-order valence-corrected chi connectivity index (χ0v) is 12.1. The van der Waals surface area contributed by atoms with Gasteiger partial charge in [-0.1, -0.05) is 6.07 Å². The number of pyridine rings is 1. The number of aromatic nitrogens is 2. The average Bonchev–Trinajstić information content (AvgIpc) is 3.02. The number of thiazole rings is 1. The number of amides is 1. The van der Waals surface area contributed by atoms with Gasteiger partial charge in [-0.25, -0.2) is 4.98 Å². The molecule has 3 heterocycles. The first-order valence-electron chi connectivity index (χ1n) is 6.89. The van der Waals surface area contributed by atoms with Gasteiger partial charge < -0.3 is 4.90 Å². The molecule has 4 nitrogen and oxygen atoms in total. The summed E-state index contributed by atoms with van der Waals surface area (Å²) >= 11 is 1.47. The fraction of sp³-hybridized carbons (Fsp3) is 0.400. The lowest BCUT2D eigenvalue weighted by molar-refractivity contribution is 0.0668. The number of nitrogens with zero attached hydrogens (tertiary/aromatic N) is 3. The van der Waals surface area contributed by atoms with E-state index < -0.39 is 0 Å². The summed E-state index contributed by atoms with van der Waals surface area (Å²) in [5.41, 5.74) is 3.54. The second kappa shape index (κ2) is 6.13. The van der Waals surface area contributed by atoms with Gasteiger partial charge in [-0.3, -0.25) is 9.78 Å². The summed E-state index contributed by atoms with van der Waals surface area (Å²) in [6.45, 7) is 1.67. The van der Waals surface area contributed by atoms with Crippen molar-refractivity contribution in [3.05, 3.63) is 46.7 Å². The molecule has 1 aliphatic rings. The Kier molecular flexibility index (Phi) is 4.06. The van der Waals surface area contributed by atoms with E-state index in [4.69, 9.17) is 0 Å². The Morgan fingerprint density at radius 2 is 2.45 bits per heavy atom. The molecule has 20 heavy (non-hydrogen) atoms. The van der Waals surface area contributed by atoms with E-state index in [9.17, 15) is 4.79 Å². The van der Waals surface area contributed by atoms with Crippen LogP contribution in [0.1, 0.15) is 28.9 Å². The van der Waals surface area contributed by atoms with Crippen LogP contribution < -0.4 is 0 Å². The van der Waals surface area contributed by atoms with Gasteiger partial charge in [-0.05, 0) is 36.8 Å². The Labute approximate surface area is 122 Å². The van der Waals surface area contributed by atoms with Crippen molar-refractivity contribution in [1.29, 1.82) is 0 Å². The molecule has 1 amide bonds. The van der Waals surface area contributed by atoms with Crippen molar-refractivity contribution in [2.24, 2.45) is 5.92 Å². The van der Waals surface area contributed by atoms with Crippen LogP contribution in [0.2, 0.25) is 0 Å². The molecule has 0 N–H and O–H groups in total. The minimum atomic E-state index is 0.0714. The molecule has 2 aromatic heterocycles. The first-order chi connectivity index (χ1) is 9.83. The predicted octanol–water partition coefficient (Wildman–Crippen LogP) is 2.63. The Bertz CT molecular complexity index is 556. The van der Waals surface area contributed by atoms with E-state index in [2.05, 4.69) is 16.0 Å². The summed E-state index contributed by atoms with van der Waals surface area (Å²) in [7, 11) is 0. The maximum absolute atomic E-state index is 12.3. The van der Waals surface area contributed by atoms with Crippen molar-refractivity contribution in [3.63, 3.8) is 0 Å². The number of likely N-dealkylation sites (tertiary alicyclic amines) is 1. The van der Waals surface area contributed by atoms with Crippen LogP contribution in [0.25, 0.3) is 0 Å². The van der Waals surface area contributed by atoms with Gasteiger partial charge in [0.15, 0.2) is 0 Å². The molecule has 5 heteroatoms. The van der Waals surface area contributed by atoms with Gasteiger partial charge in [-0.2, -0.15) is 0 Å². The van der Waals surface area contributed by atoms with Crippen molar-refractivity contribution in [1.82, 2.24) is 14.9 Å². The van der Waals surface area contributed by atoms with E-state index >= 15 is 0 Å². The van der Waals surface area contributed by atoms with Gasteiger partial charge in [0.05, 0.1) is 5.51 Å². The first-order valence-corrected chi connectivity index (χ1v) is 7.83. The Balaban J connectivity index is 1.63. The summed E-state index contributed by atoms with van der Waals surface area (Å²) < 4.78 is 0. The number of carbonyl (C=O) groups is 1. The zero-order valence-electron chi connectivity index (χ0n) is 11.2. The fourth-order valence-corrected chi connectivity index (χ4v) is 3.27. The third kappa shape index (κ3) is 3.04. The van der Waals surface area contributed by atoms with Gasteiger partial charge in [0.2, 0.25) is 0 Å². The van der Waals surface area contributed by atoms with Crippen LogP contribution in [0, 0.1) is 5.92 Å². The molecule has 3 rings (SSSR count). The molecule has 2 aromatic rings. The van der Waals surface area contributed by atoms with Crippen LogP contribution in [0.3, 0.4) is 0 Å². The average molecular weight is 287 g/mol. The third-order valence-electron chi connectivity index (χ3n) is 3.70. The number of rotatable bonds is 3. The molecule has 0 radical (unpaired) electrons. The summed E-state index contributed by atoms with van der Waals surface area (Å²) in [5, 5.41) is 1.83. The lowest BCUT2D eigenvalue weighted by Crippen LogP contribution is -2.40. The highest BCUT2D eigenvalue weighted by Crippen LogP contribution is 2.22. The summed E-state index contributed by atoms with van der Waals surface area (Å²) in [6, 6.07) is 4.07. The maximum Gasteiger partial charge on any atom is 0.273 e. The number of carbonyl (C=O) groups excluding carboxylic acids is 1. The first kappa shape index (κ1) is 13.2. The van der Waals surface area contributed by atoms with Gasteiger partial charge in [0.25, 0.3) is 5.91 Å². The monoisotopic (exact) mass is 287 g/mol. The van der Waals surface area contributed by atoms with Gasteiger partial charge >= 0.3 is 0 Å². The molecule has 0 unspecified atom stereocenters. The van der Waals surface area contributed by atoms with Crippen molar-refractivity contribution in [2.45, 2.75) is 19.3 Å². The van der Waals surface area contributed by atoms with E-state index in [-0.39, 0.29) is 5.91 Å². The molecular weight excluding hydrogens is 270 g/mol. The summed E-state index contributed by atoms with van der Waals surface area (Å²) in [6.07, 6.45) is 6.95. The minimum absolute atomic E-state index is 0.0714. The lowest BCUT2D eigenvalue weighted by atomic mass is 9.92. The highest BCUT2D eigenvalue weighted by Gasteiger charge is 2.25. The van der Waals surface area contributed by atoms with Crippen molar-refractivity contribution < 1.29 is 4.79 Å². The van der Waals surface area contributed by atoms with E-state index in [1.165, 1.54) is 23.3 Å². The Morgan fingerprint density at radius 3 is 3.20 bits per heavy atom. The SMILES string of the molecule is O=C(c1cscn1)N1CCC[C@H](Cc2cccnc2)C1. The van der Waals surface area contributed by atoms with Crippen LogP contribution in [0.4, 0.5) is 0 Å². The largest absolute Gasteiger partial charge is 0.337 e. The highest BCUT2D eigenvalue weighted by molar-refractivity contribution is 7.07. The van der Waals surface area contributed by atoms with Gasteiger partial charge in [-0.15, -0.1) is 11.3 Å². The van der Waals surface area contributed by atoms with E-state index in [1.54, 1.807) is 11.7 Å². The minimum Gasteiger partial charge on any atom is -0.337 e. The van der Waals surface area contributed by atoms with Crippen molar-refractivity contribution >= 4 is 17.2 Å². The lowest BCUT2D eigenvalue weighted by Gasteiger charge is -2.32.